The lowest BCUT2D eigenvalue weighted by molar-refractivity contribution is -0.121. The number of allylic oxidation sites excluding steroid dienone is 6. The first kappa shape index (κ1) is 40.3. The Bertz CT molecular complexity index is 1560. The van der Waals surface area contributed by atoms with Gasteiger partial charge in [0.2, 0.25) is 5.91 Å². The number of carbonyl (C=O) groups excluding carboxylic acids is 2. The number of benzene rings is 2. The first-order valence-electron chi connectivity index (χ1n) is 17.0. The largest absolute Gasteiger partial charge is 0.398 e. The monoisotopic (exact) mass is 702 g/mol. The second-order valence-corrected chi connectivity index (χ2v) is 12.4. The van der Waals surface area contributed by atoms with Crippen molar-refractivity contribution in [3.63, 3.8) is 0 Å². The smallest absolute Gasteiger partial charge is 0.252 e. The molecule has 1 aliphatic rings. The van der Waals surface area contributed by atoms with Crippen molar-refractivity contribution in [3.05, 3.63) is 89.0 Å². The van der Waals surface area contributed by atoms with Crippen molar-refractivity contribution in [2.24, 2.45) is 0 Å². The summed E-state index contributed by atoms with van der Waals surface area (Å²) in [5, 5.41) is 14.1. The first-order valence-corrected chi connectivity index (χ1v) is 17.8. The lowest BCUT2D eigenvalue weighted by Crippen LogP contribution is -2.27. The number of carbonyl (C=O) groups is 2. The summed E-state index contributed by atoms with van der Waals surface area (Å²) in [5.74, 6) is 5.96. The zero-order valence-electron chi connectivity index (χ0n) is 29.2. The van der Waals surface area contributed by atoms with Gasteiger partial charge in [0.15, 0.2) is 0 Å². The Labute approximate surface area is 300 Å². The van der Waals surface area contributed by atoms with Crippen LogP contribution in [0.15, 0.2) is 87.7 Å². The topological polar surface area (TPSA) is 145 Å². The fraction of sp³-hybridized carbons (Fsp3) is 0.410. The van der Waals surface area contributed by atoms with E-state index in [0.717, 1.165) is 47.5 Å². The molecule has 0 fully saturated rings. The van der Waals surface area contributed by atoms with Gasteiger partial charge in [-0.05, 0) is 74.4 Å². The SMILES string of the molecule is CNC(=O)c1ccccc1Sc1ccc(C(=N)C#CC2=C/C=C(/CCCCC(=O)NCCOCCOCCOCCOC)CC/C=C\2)c(N)c1. The standard InChI is InChI=1S/C39H50N4O6S/c1-42-39(45)34-12-6-7-13-37(34)50-32-18-19-33(36(41)29-32)35(40)20-17-31-11-4-3-9-30(15-16-31)10-5-8-14-38(44)43-21-22-47-25-26-49-28-27-48-24-23-46-2/h4,6-7,11-13,15-16,18-19,29,40H,3,5,8-10,14,21-28,41H2,1-2H3,(H,42,45)(H,43,44)/b11-4-,30-15+,31-16+,40-35?. The van der Waals surface area contributed by atoms with Crippen LogP contribution >= 0.6 is 11.8 Å². The van der Waals surface area contributed by atoms with Gasteiger partial charge in [-0.15, -0.1) is 0 Å². The molecule has 3 rings (SSSR count). The van der Waals surface area contributed by atoms with Gasteiger partial charge in [-0.25, -0.2) is 0 Å². The van der Waals surface area contributed by atoms with Crippen LogP contribution in [-0.2, 0) is 23.7 Å². The summed E-state index contributed by atoms with van der Waals surface area (Å²) in [4.78, 5) is 26.1. The van der Waals surface area contributed by atoms with E-state index in [9.17, 15) is 9.59 Å². The van der Waals surface area contributed by atoms with Crippen molar-refractivity contribution >= 4 is 35.0 Å². The maximum atomic E-state index is 12.2. The van der Waals surface area contributed by atoms with E-state index in [1.165, 1.54) is 17.3 Å². The van der Waals surface area contributed by atoms with Crippen LogP contribution in [0.2, 0.25) is 0 Å². The third-order valence-electron chi connectivity index (χ3n) is 7.53. The van der Waals surface area contributed by atoms with E-state index < -0.39 is 0 Å². The van der Waals surface area contributed by atoms with Crippen molar-refractivity contribution in [2.45, 2.75) is 48.3 Å². The summed E-state index contributed by atoms with van der Waals surface area (Å²) in [6, 6.07) is 12.9. The molecular formula is C39H50N4O6S. The molecule has 10 nitrogen and oxygen atoms in total. The number of anilines is 1. The predicted octanol–water partition coefficient (Wildman–Crippen LogP) is 5.73. The lowest BCUT2D eigenvalue weighted by atomic mass is 9.99. The molecular weight excluding hydrogens is 653 g/mol. The fourth-order valence-corrected chi connectivity index (χ4v) is 5.82. The third kappa shape index (κ3) is 15.6. The van der Waals surface area contributed by atoms with E-state index in [-0.39, 0.29) is 17.5 Å². The van der Waals surface area contributed by atoms with Crippen LogP contribution in [0.3, 0.4) is 0 Å². The number of methoxy groups -OCH3 is 1. The molecule has 268 valence electrons. The van der Waals surface area contributed by atoms with Gasteiger partial charge in [-0.1, -0.05) is 53.6 Å². The van der Waals surface area contributed by atoms with E-state index in [1.54, 1.807) is 26.3 Å². The van der Waals surface area contributed by atoms with Gasteiger partial charge in [0, 0.05) is 53.7 Å². The fourth-order valence-electron chi connectivity index (χ4n) is 4.83. The van der Waals surface area contributed by atoms with Gasteiger partial charge < -0.3 is 35.3 Å². The summed E-state index contributed by atoms with van der Waals surface area (Å²) in [7, 11) is 3.25. The number of nitrogens with two attached hydrogens (primary N) is 1. The molecule has 0 saturated heterocycles. The molecule has 0 aliphatic heterocycles. The van der Waals surface area contributed by atoms with E-state index in [2.05, 4.69) is 34.6 Å². The van der Waals surface area contributed by atoms with E-state index in [1.807, 2.05) is 42.5 Å². The Kier molecular flexibility index (Phi) is 19.4. The van der Waals surface area contributed by atoms with Crippen LogP contribution in [0, 0.1) is 17.3 Å². The molecule has 0 heterocycles. The summed E-state index contributed by atoms with van der Waals surface area (Å²) < 4.78 is 21.2. The summed E-state index contributed by atoms with van der Waals surface area (Å²) in [6.45, 7) is 4.08. The van der Waals surface area contributed by atoms with Crippen molar-refractivity contribution in [3.8, 4) is 11.8 Å². The molecule has 0 unspecified atom stereocenters. The number of nitrogen functional groups attached to an aromatic ring is 1. The number of nitrogens with one attached hydrogen (secondary N) is 3. The molecule has 50 heavy (non-hydrogen) atoms. The number of unbranched alkanes of at least 4 members (excludes halogenated alkanes) is 1. The molecule has 0 atom stereocenters. The Balaban J connectivity index is 1.38. The van der Waals surface area contributed by atoms with Gasteiger partial charge in [0.25, 0.3) is 5.91 Å². The van der Waals surface area contributed by atoms with Gasteiger partial charge in [0.1, 0.15) is 5.71 Å². The summed E-state index contributed by atoms with van der Waals surface area (Å²) in [5.41, 5.74) is 10.2. The van der Waals surface area contributed by atoms with Gasteiger partial charge in [-0.3, -0.25) is 15.0 Å². The maximum absolute atomic E-state index is 12.2. The van der Waals surface area contributed by atoms with Crippen molar-refractivity contribution in [1.29, 1.82) is 5.41 Å². The minimum Gasteiger partial charge on any atom is -0.398 e. The molecule has 0 spiro atoms. The minimum absolute atomic E-state index is 0.0351. The Morgan fingerprint density at radius 3 is 2.42 bits per heavy atom. The van der Waals surface area contributed by atoms with E-state index in [0.29, 0.717) is 76.0 Å². The number of rotatable bonds is 21. The Morgan fingerprint density at radius 1 is 0.940 bits per heavy atom. The van der Waals surface area contributed by atoms with Crippen LogP contribution in [0.4, 0.5) is 5.69 Å². The second-order valence-electron chi connectivity index (χ2n) is 11.3. The van der Waals surface area contributed by atoms with E-state index >= 15 is 0 Å². The third-order valence-corrected chi connectivity index (χ3v) is 8.60. The minimum atomic E-state index is -0.150. The van der Waals surface area contributed by atoms with Gasteiger partial charge in [0.05, 0.1) is 51.8 Å². The normalized spacial score (nSPS) is 15.2. The molecule has 0 radical (unpaired) electrons. The lowest BCUT2D eigenvalue weighted by Gasteiger charge is -2.10. The molecule has 0 aromatic heterocycles. The van der Waals surface area contributed by atoms with Crippen LogP contribution in [-0.4, -0.2) is 84.5 Å². The maximum Gasteiger partial charge on any atom is 0.252 e. The average molecular weight is 703 g/mol. The molecule has 0 bridgehead atoms. The number of amides is 2. The summed E-state index contributed by atoms with van der Waals surface area (Å²) >= 11 is 1.44. The molecule has 0 saturated carbocycles. The highest BCUT2D eigenvalue weighted by Gasteiger charge is 2.12. The summed E-state index contributed by atoms with van der Waals surface area (Å²) in [6.07, 6.45) is 13.2. The first-order chi connectivity index (χ1) is 24.4. The number of hydrogen-bond acceptors (Lipinski definition) is 9. The van der Waals surface area contributed by atoms with Crippen LogP contribution in [0.25, 0.3) is 0 Å². The Morgan fingerprint density at radius 2 is 1.68 bits per heavy atom. The Hall–Kier alpha value is -4.18. The quantitative estimate of drug-likeness (QED) is 0.0559. The highest BCUT2D eigenvalue weighted by molar-refractivity contribution is 7.99. The number of ether oxygens (including phenoxy) is 4. The van der Waals surface area contributed by atoms with Gasteiger partial charge >= 0.3 is 0 Å². The number of hydrogen-bond donors (Lipinski definition) is 4. The van der Waals surface area contributed by atoms with Gasteiger partial charge in [-0.2, -0.15) is 0 Å². The van der Waals surface area contributed by atoms with Crippen molar-refractivity contribution in [2.75, 3.05) is 72.7 Å². The average Bonchev–Trinajstić information content (AvgIpc) is 3.11. The van der Waals surface area contributed by atoms with Crippen LogP contribution in [0.5, 0.6) is 0 Å². The molecule has 5 N–H and O–H groups in total. The predicted molar refractivity (Wildman–Crippen MR) is 200 cm³/mol. The van der Waals surface area contributed by atoms with E-state index in [4.69, 9.17) is 30.1 Å². The van der Waals surface area contributed by atoms with Crippen molar-refractivity contribution < 1.29 is 28.5 Å². The van der Waals surface area contributed by atoms with Crippen molar-refractivity contribution in [1.82, 2.24) is 10.6 Å². The molecule has 2 amide bonds. The molecule has 2 aromatic rings. The second kappa shape index (κ2) is 24.1. The molecule has 1 aliphatic carbocycles. The van der Waals surface area contributed by atoms with Crippen LogP contribution < -0.4 is 16.4 Å². The highest BCUT2D eigenvalue weighted by Crippen LogP contribution is 2.32. The highest BCUT2D eigenvalue weighted by atomic mass is 32.2. The zero-order valence-corrected chi connectivity index (χ0v) is 30.0. The zero-order chi connectivity index (χ0) is 35.8. The molecule has 2 aromatic carbocycles. The van der Waals surface area contributed by atoms with Crippen LogP contribution in [0.1, 0.15) is 54.4 Å². The molecule has 11 heteroatoms.